The molecule has 2 unspecified atom stereocenters. The SMILES string of the molecule is [CH2]=[Zr+2]([C]1=Cc2ccccc2C1C)[C]1=Cc2ccccc2C1C.[Cl-].[Cl-]. The van der Waals surface area contributed by atoms with E-state index in [0.717, 1.165) is 0 Å². The summed E-state index contributed by atoms with van der Waals surface area (Å²) in [5, 5.41) is 0. The van der Waals surface area contributed by atoms with Crippen molar-refractivity contribution in [2.75, 3.05) is 0 Å². The number of benzene rings is 2. The summed E-state index contributed by atoms with van der Waals surface area (Å²) < 4.78 is 8.02. The molecule has 0 aromatic heterocycles. The smallest absolute Gasteiger partial charge is 1.00 e. The van der Waals surface area contributed by atoms with Gasteiger partial charge in [-0.2, -0.15) is 0 Å². The summed E-state index contributed by atoms with van der Waals surface area (Å²) in [6, 6.07) is 17.7. The fourth-order valence-corrected chi connectivity index (χ4v) is 9.63. The third kappa shape index (κ3) is 3.07. The maximum Gasteiger partial charge on any atom is -1.00 e. The molecule has 0 saturated heterocycles. The molecule has 0 N–H and O–H groups in total. The predicted octanol–water partition coefficient (Wildman–Crippen LogP) is -0.639. The normalized spacial score (nSPS) is 19.7. The summed E-state index contributed by atoms with van der Waals surface area (Å²) in [5.41, 5.74) is 5.80. The molecule has 0 amide bonds. The van der Waals surface area contributed by atoms with Crippen molar-refractivity contribution in [1.82, 2.24) is 0 Å². The van der Waals surface area contributed by atoms with Gasteiger partial charge in [-0.1, -0.05) is 0 Å². The van der Waals surface area contributed by atoms with Crippen LogP contribution in [-0.2, 0) is 21.3 Å². The molecule has 3 heteroatoms. The Morgan fingerprint density at radius 3 is 1.46 bits per heavy atom. The van der Waals surface area contributed by atoms with Gasteiger partial charge in [0.1, 0.15) is 0 Å². The molecule has 2 aliphatic carbocycles. The van der Waals surface area contributed by atoms with Crippen molar-refractivity contribution in [3.63, 3.8) is 0 Å². The molecule has 0 nitrogen and oxygen atoms in total. The Labute approximate surface area is 164 Å². The molecule has 2 aromatic carbocycles. The van der Waals surface area contributed by atoms with Gasteiger partial charge in [0.05, 0.1) is 0 Å². The van der Waals surface area contributed by atoms with E-state index < -0.39 is 21.3 Å². The van der Waals surface area contributed by atoms with Crippen molar-refractivity contribution >= 4 is 16.4 Å². The molecule has 0 fully saturated rings. The second-order valence-corrected chi connectivity index (χ2v) is 11.6. The Balaban J connectivity index is 0.00000104. The van der Waals surface area contributed by atoms with Gasteiger partial charge in [0.25, 0.3) is 0 Å². The predicted molar refractivity (Wildman–Crippen MR) is 92.8 cm³/mol. The van der Waals surface area contributed by atoms with Crippen LogP contribution >= 0.6 is 0 Å². The summed E-state index contributed by atoms with van der Waals surface area (Å²) in [7, 11) is 0. The van der Waals surface area contributed by atoms with Gasteiger partial charge in [0.2, 0.25) is 0 Å². The molecule has 0 radical (unpaired) electrons. The van der Waals surface area contributed by atoms with Gasteiger partial charge in [-0.05, 0) is 0 Å². The van der Waals surface area contributed by atoms with Gasteiger partial charge >= 0.3 is 141 Å². The van der Waals surface area contributed by atoms with Crippen LogP contribution in [0.2, 0.25) is 0 Å². The Morgan fingerprint density at radius 1 is 0.708 bits per heavy atom. The Hall–Kier alpha value is -0.747. The van der Waals surface area contributed by atoms with Gasteiger partial charge in [-0.15, -0.1) is 0 Å². The summed E-state index contributed by atoms with van der Waals surface area (Å²) in [4.78, 5) is 0. The van der Waals surface area contributed by atoms with E-state index in [1.807, 2.05) is 0 Å². The van der Waals surface area contributed by atoms with E-state index in [0.29, 0.717) is 11.8 Å². The van der Waals surface area contributed by atoms with Crippen molar-refractivity contribution in [3.05, 3.63) is 77.3 Å². The zero-order chi connectivity index (χ0) is 15.3. The largest absolute Gasteiger partial charge is 1.00 e. The van der Waals surface area contributed by atoms with Crippen LogP contribution in [0.4, 0.5) is 0 Å². The van der Waals surface area contributed by atoms with Crippen LogP contribution in [0, 0.1) is 0 Å². The molecule has 0 spiro atoms. The molecule has 0 bridgehead atoms. The van der Waals surface area contributed by atoms with Crippen molar-refractivity contribution in [1.29, 1.82) is 0 Å². The Kier molecular flexibility index (Phi) is 6.24. The molecule has 0 aliphatic heterocycles. The zero-order valence-electron chi connectivity index (χ0n) is 13.9. The first-order valence-corrected chi connectivity index (χ1v) is 12.2. The van der Waals surface area contributed by atoms with Gasteiger partial charge < -0.3 is 24.8 Å². The minimum Gasteiger partial charge on any atom is -1.00 e. The van der Waals surface area contributed by atoms with Crippen LogP contribution < -0.4 is 24.8 Å². The van der Waals surface area contributed by atoms with Gasteiger partial charge in [0, 0.05) is 0 Å². The second kappa shape index (κ2) is 7.65. The van der Waals surface area contributed by atoms with E-state index in [9.17, 15) is 0 Å². The fourth-order valence-electron chi connectivity index (χ4n) is 3.86. The molecule has 0 heterocycles. The van der Waals surface area contributed by atoms with Crippen molar-refractivity contribution in [2.45, 2.75) is 25.7 Å². The average molecular weight is 435 g/mol. The minimum atomic E-state index is -1.98. The van der Waals surface area contributed by atoms with E-state index in [2.05, 4.69) is 74.5 Å². The number of fused-ring (bicyclic) bond motifs is 2. The molecule has 4 rings (SSSR count). The number of allylic oxidation sites excluding steroid dienone is 2. The quantitative estimate of drug-likeness (QED) is 0.590. The Morgan fingerprint density at radius 2 is 1.08 bits per heavy atom. The monoisotopic (exact) mass is 432 g/mol. The molecular weight excluding hydrogens is 414 g/mol. The maximum absolute atomic E-state index is 4.73. The molecule has 2 aromatic rings. The summed E-state index contributed by atoms with van der Waals surface area (Å²) >= 11 is -1.98. The molecule has 0 saturated carbocycles. The minimum absolute atomic E-state index is 0. The van der Waals surface area contributed by atoms with Crippen LogP contribution in [0.5, 0.6) is 0 Å². The second-order valence-electron chi connectivity index (χ2n) is 6.38. The van der Waals surface area contributed by atoms with E-state index in [4.69, 9.17) is 4.21 Å². The fraction of sp³-hybridized carbons (Fsp3) is 0.190. The van der Waals surface area contributed by atoms with Crippen molar-refractivity contribution in [3.8, 4) is 0 Å². The topological polar surface area (TPSA) is 0 Å². The van der Waals surface area contributed by atoms with Gasteiger partial charge in [-0.25, -0.2) is 0 Å². The third-order valence-electron chi connectivity index (χ3n) is 5.18. The number of hydrogen-bond donors (Lipinski definition) is 0. The van der Waals surface area contributed by atoms with Crippen LogP contribution in [0.1, 0.15) is 47.9 Å². The summed E-state index contributed by atoms with van der Waals surface area (Å²) in [6.07, 6.45) is 4.89. The first-order valence-electron chi connectivity index (χ1n) is 7.97. The van der Waals surface area contributed by atoms with Crippen LogP contribution in [-0.4, -0.2) is 4.21 Å². The average Bonchev–Trinajstić information content (AvgIpc) is 3.06. The molecule has 2 aliphatic rings. The molecular formula is C21H20Cl2Zr. The van der Waals surface area contributed by atoms with E-state index >= 15 is 0 Å². The van der Waals surface area contributed by atoms with Gasteiger partial charge in [-0.3, -0.25) is 0 Å². The first kappa shape index (κ1) is 19.6. The zero-order valence-corrected chi connectivity index (χ0v) is 17.9. The van der Waals surface area contributed by atoms with Crippen LogP contribution in [0.15, 0.2) is 55.1 Å². The Bertz CT molecular complexity index is 779. The summed E-state index contributed by atoms with van der Waals surface area (Å²) in [5.74, 6) is 1.11. The van der Waals surface area contributed by atoms with Crippen molar-refractivity contribution in [2.24, 2.45) is 0 Å². The molecule has 122 valence electrons. The first-order chi connectivity index (χ1) is 10.7. The molecule has 2 atom stereocenters. The number of halogens is 2. The van der Waals surface area contributed by atoms with Crippen LogP contribution in [0.25, 0.3) is 12.2 Å². The number of hydrogen-bond acceptors (Lipinski definition) is 0. The number of rotatable bonds is 2. The molecule has 24 heavy (non-hydrogen) atoms. The van der Waals surface area contributed by atoms with Gasteiger partial charge in [0.15, 0.2) is 0 Å². The third-order valence-corrected chi connectivity index (χ3v) is 11.4. The van der Waals surface area contributed by atoms with E-state index in [-0.39, 0.29) is 24.8 Å². The van der Waals surface area contributed by atoms with E-state index in [1.54, 1.807) is 6.56 Å². The van der Waals surface area contributed by atoms with E-state index in [1.165, 1.54) is 22.3 Å². The van der Waals surface area contributed by atoms with Crippen molar-refractivity contribution < 1.29 is 46.1 Å². The van der Waals surface area contributed by atoms with Crippen LogP contribution in [0.3, 0.4) is 0 Å². The standard InChI is InChI=1S/2C10H9.CH2.2ClH.Zr/c2*1-8-6-7-9-4-2-3-5-10(8)9;;;;/h2*2-5,7-8H,1H3;1H2;2*1H;/q;;;;;+2/p-2. The summed E-state index contributed by atoms with van der Waals surface area (Å²) in [6.45, 7) is 4.72. The maximum atomic E-state index is 4.73.